The Bertz CT molecular complexity index is 1210. The molecule has 2 heterocycles. The number of hydrogen-bond donors (Lipinski definition) is 0. The van der Waals surface area contributed by atoms with Crippen molar-refractivity contribution in [3.63, 3.8) is 0 Å². The quantitative estimate of drug-likeness (QED) is 0.347. The van der Waals surface area contributed by atoms with Gasteiger partial charge in [0.1, 0.15) is 30.5 Å². The van der Waals surface area contributed by atoms with Crippen LogP contribution in [0.15, 0.2) is 60.0 Å². The van der Waals surface area contributed by atoms with E-state index in [1.807, 2.05) is 11.4 Å². The van der Waals surface area contributed by atoms with Crippen LogP contribution in [0.3, 0.4) is 0 Å². The summed E-state index contributed by atoms with van der Waals surface area (Å²) >= 11 is 1.67. The Balaban J connectivity index is 1.52. The molecule has 8 heteroatoms. The Morgan fingerprint density at radius 3 is 2.62 bits per heavy atom. The lowest BCUT2D eigenvalue weighted by Crippen LogP contribution is -2.48. The number of methoxy groups -OCH3 is 1. The van der Waals surface area contributed by atoms with Gasteiger partial charge in [0.05, 0.1) is 13.2 Å². The molecule has 0 aliphatic carbocycles. The van der Waals surface area contributed by atoms with Gasteiger partial charge in [-0.25, -0.2) is 4.39 Å². The van der Waals surface area contributed by atoms with Crippen molar-refractivity contribution in [2.75, 3.05) is 33.4 Å². The molecule has 1 atom stereocenters. The molecule has 6 nitrogen and oxygen atoms in total. The van der Waals surface area contributed by atoms with E-state index in [0.717, 1.165) is 18.4 Å². The molecule has 0 spiro atoms. The number of benzene rings is 2. The van der Waals surface area contributed by atoms with Crippen LogP contribution in [-0.4, -0.2) is 55.0 Å². The van der Waals surface area contributed by atoms with E-state index in [2.05, 4.69) is 13.8 Å². The number of halogens is 1. The first-order valence-corrected chi connectivity index (χ1v) is 13.4. The van der Waals surface area contributed by atoms with Crippen molar-refractivity contribution in [3.05, 3.63) is 81.8 Å². The minimum atomic E-state index is -0.372. The predicted molar refractivity (Wildman–Crippen MR) is 143 cm³/mol. The van der Waals surface area contributed by atoms with Crippen molar-refractivity contribution in [1.29, 1.82) is 0 Å². The molecule has 3 aromatic rings. The monoisotopic (exact) mass is 524 g/mol. The van der Waals surface area contributed by atoms with E-state index in [9.17, 15) is 14.0 Å². The first-order chi connectivity index (χ1) is 17.9. The summed E-state index contributed by atoms with van der Waals surface area (Å²) in [4.78, 5) is 31.8. The minimum absolute atomic E-state index is 0.0203. The molecule has 1 aliphatic rings. The van der Waals surface area contributed by atoms with Gasteiger partial charge in [0.25, 0.3) is 5.91 Å². The van der Waals surface area contributed by atoms with Crippen molar-refractivity contribution < 1.29 is 23.5 Å². The standard InChI is InChI=1S/C29H33FN2O4S/c1-20(2)11-14-31(29(34)21-7-9-23(35-3)10-8-21)18-28(33)32-15-12-27-25(13-16-37-27)26(32)19-36-24-6-4-5-22(30)17-24/h4-10,13,16-17,20,26H,11-12,14-15,18-19H2,1-3H3. The molecule has 0 bridgehead atoms. The van der Waals surface area contributed by atoms with E-state index in [0.29, 0.717) is 36.1 Å². The summed E-state index contributed by atoms with van der Waals surface area (Å²) < 4.78 is 24.8. The normalized spacial score (nSPS) is 14.8. The second-order valence-electron chi connectivity index (χ2n) is 9.56. The molecule has 2 amide bonds. The first kappa shape index (κ1) is 26.7. The lowest BCUT2D eigenvalue weighted by atomic mass is 10.00. The van der Waals surface area contributed by atoms with Gasteiger partial charge in [-0.2, -0.15) is 0 Å². The summed E-state index contributed by atoms with van der Waals surface area (Å²) in [5, 5.41) is 2.02. The average molecular weight is 525 g/mol. The molecule has 0 fully saturated rings. The van der Waals surface area contributed by atoms with E-state index in [-0.39, 0.29) is 36.8 Å². The Morgan fingerprint density at radius 1 is 1.14 bits per heavy atom. The molecule has 2 aromatic carbocycles. The van der Waals surface area contributed by atoms with Gasteiger partial charge < -0.3 is 19.3 Å². The van der Waals surface area contributed by atoms with Crippen LogP contribution in [0.25, 0.3) is 0 Å². The van der Waals surface area contributed by atoms with Gasteiger partial charge >= 0.3 is 0 Å². The van der Waals surface area contributed by atoms with E-state index < -0.39 is 0 Å². The van der Waals surface area contributed by atoms with Crippen LogP contribution in [0.5, 0.6) is 11.5 Å². The minimum Gasteiger partial charge on any atom is -0.497 e. The first-order valence-electron chi connectivity index (χ1n) is 12.5. The van der Waals surface area contributed by atoms with Crippen LogP contribution >= 0.6 is 11.3 Å². The van der Waals surface area contributed by atoms with Crippen molar-refractivity contribution >= 4 is 23.2 Å². The van der Waals surface area contributed by atoms with Crippen LogP contribution in [0.4, 0.5) is 4.39 Å². The molecule has 37 heavy (non-hydrogen) atoms. The fraction of sp³-hybridized carbons (Fsp3) is 0.379. The average Bonchev–Trinajstić information content (AvgIpc) is 3.38. The zero-order valence-electron chi connectivity index (χ0n) is 21.5. The SMILES string of the molecule is COc1ccc(C(=O)N(CCC(C)C)CC(=O)N2CCc3sccc3C2COc2cccc(F)c2)cc1. The molecule has 4 rings (SSSR count). The van der Waals surface area contributed by atoms with Crippen molar-refractivity contribution in [1.82, 2.24) is 9.80 Å². The summed E-state index contributed by atoms with van der Waals surface area (Å²) in [6.45, 7) is 5.40. The Kier molecular flexibility index (Phi) is 8.82. The number of ether oxygens (including phenoxy) is 2. The van der Waals surface area contributed by atoms with Gasteiger partial charge in [0.2, 0.25) is 5.91 Å². The van der Waals surface area contributed by atoms with Gasteiger partial charge in [0, 0.05) is 29.6 Å². The molecular formula is C29H33FN2O4S. The van der Waals surface area contributed by atoms with Crippen LogP contribution in [0, 0.1) is 11.7 Å². The molecule has 0 radical (unpaired) electrons. The highest BCUT2D eigenvalue weighted by Crippen LogP contribution is 2.34. The molecule has 0 saturated carbocycles. The second-order valence-corrected chi connectivity index (χ2v) is 10.6. The molecule has 196 valence electrons. The molecule has 1 unspecified atom stereocenters. The van der Waals surface area contributed by atoms with Crippen molar-refractivity contribution in [3.8, 4) is 11.5 Å². The number of hydrogen-bond acceptors (Lipinski definition) is 5. The predicted octanol–water partition coefficient (Wildman–Crippen LogP) is 5.59. The number of nitrogens with zero attached hydrogens (tertiary/aromatic N) is 2. The number of thiophene rings is 1. The van der Waals surface area contributed by atoms with Crippen LogP contribution in [-0.2, 0) is 11.2 Å². The number of fused-ring (bicyclic) bond motifs is 1. The Hall–Kier alpha value is -3.39. The Labute approximate surface area is 221 Å². The number of carbonyl (C=O) groups is 2. The fourth-order valence-corrected chi connectivity index (χ4v) is 5.37. The lowest BCUT2D eigenvalue weighted by molar-refractivity contribution is -0.135. The zero-order chi connectivity index (χ0) is 26.4. The third-order valence-corrected chi connectivity index (χ3v) is 7.54. The molecule has 0 N–H and O–H groups in total. The number of carbonyl (C=O) groups excluding carboxylic acids is 2. The summed E-state index contributed by atoms with van der Waals surface area (Å²) in [6, 6.07) is 14.7. The smallest absolute Gasteiger partial charge is 0.254 e. The lowest BCUT2D eigenvalue weighted by Gasteiger charge is -2.37. The third-order valence-electron chi connectivity index (χ3n) is 6.55. The van der Waals surface area contributed by atoms with Crippen LogP contribution in [0.2, 0.25) is 0 Å². The number of rotatable bonds is 10. The van der Waals surface area contributed by atoms with Gasteiger partial charge in [-0.05, 0) is 72.2 Å². The second kappa shape index (κ2) is 12.2. The summed E-state index contributed by atoms with van der Waals surface area (Å²) in [5.41, 5.74) is 1.57. The topological polar surface area (TPSA) is 59.1 Å². The van der Waals surface area contributed by atoms with Crippen LogP contribution in [0.1, 0.15) is 47.1 Å². The molecular weight excluding hydrogens is 491 g/mol. The van der Waals surface area contributed by atoms with E-state index in [1.165, 1.54) is 17.0 Å². The van der Waals surface area contributed by atoms with Gasteiger partial charge in [-0.1, -0.05) is 19.9 Å². The summed E-state index contributed by atoms with van der Waals surface area (Å²) in [6.07, 6.45) is 1.55. The zero-order valence-corrected chi connectivity index (χ0v) is 22.3. The maximum atomic E-state index is 13.7. The van der Waals surface area contributed by atoms with E-state index in [4.69, 9.17) is 9.47 Å². The highest BCUT2D eigenvalue weighted by molar-refractivity contribution is 7.10. The maximum Gasteiger partial charge on any atom is 0.254 e. The third kappa shape index (κ3) is 6.68. The van der Waals surface area contributed by atoms with Gasteiger partial charge in [-0.15, -0.1) is 11.3 Å². The van der Waals surface area contributed by atoms with Gasteiger partial charge in [-0.3, -0.25) is 9.59 Å². The summed E-state index contributed by atoms with van der Waals surface area (Å²) in [7, 11) is 1.58. The molecule has 1 aliphatic heterocycles. The highest BCUT2D eigenvalue weighted by atomic mass is 32.1. The summed E-state index contributed by atoms with van der Waals surface area (Å²) in [5.74, 6) is 0.790. The Morgan fingerprint density at radius 2 is 1.92 bits per heavy atom. The molecule has 1 aromatic heterocycles. The largest absolute Gasteiger partial charge is 0.497 e. The fourth-order valence-electron chi connectivity index (χ4n) is 4.44. The number of amides is 2. The van der Waals surface area contributed by atoms with Crippen molar-refractivity contribution in [2.24, 2.45) is 5.92 Å². The molecule has 0 saturated heterocycles. The highest BCUT2D eigenvalue weighted by Gasteiger charge is 2.33. The van der Waals surface area contributed by atoms with E-state index in [1.54, 1.807) is 64.6 Å². The van der Waals surface area contributed by atoms with Crippen molar-refractivity contribution in [2.45, 2.75) is 32.7 Å². The van der Waals surface area contributed by atoms with E-state index >= 15 is 0 Å². The van der Waals surface area contributed by atoms with Gasteiger partial charge in [0.15, 0.2) is 0 Å². The maximum absolute atomic E-state index is 13.7. The van der Waals surface area contributed by atoms with Crippen LogP contribution < -0.4 is 9.47 Å².